The van der Waals surface area contributed by atoms with Crippen LogP contribution in [-0.4, -0.2) is 65.5 Å². The Balaban J connectivity index is 1.22. The predicted octanol–water partition coefficient (Wildman–Crippen LogP) is 4.30. The number of nitrogens with zero attached hydrogens (tertiary/aromatic N) is 4. The molecule has 6 rings (SSSR count). The van der Waals surface area contributed by atoms with Gasteiger partial charge in [0.2, 0.25) is 15.9 Å². The van der Waals surface area contributed by atoms with E-state index in [0.717, 1.165) is 44.2 Å². The first-order valence-electron chi connectivity index (χ1n) is 13.7. The molecule has 1 saturated heterocycles. The van der Waals surface area contributed by atoms with Crippen molar-refractivity contribution in [1.82, 2.24) is 19.1 Å². The van der Waals surface area contributed by atoms with Gasteiger partial charge in [0.05, 0.1) is 23.9 Å². The molecule has 1 amide bonds. The van der Waals surface area contributed by atoms with Crippen molar-refractivity contribution in [2.75, 3.05) is 37.4 Å². The second-order valence-electron chi connectivity index (χ2n) is 10.3. The summed E-state index contributed by atoms with van der Waals surface area (Å²) < 4.78 is 35.5. The molecule has 1 saturated carbocycles. The Morgan fingerprint density at radius 2 is 1.79 bits per heavy atom. The van der Waals surface area contributed by atoms with Crippen molar-refractivity contribution in [2.24, 2.45) is 0 Å². The molecule has 1 aliphatic heterocycles. The van der Waals surface area contributed by atoms with Gasteiger partial charge in [-0.1, -0.05) is 42.8 Å². The number of aryl methyl sites for hydroxylation is 2. The van der Waals surface area contributed by atoms with Crippen LogP contribution in [0.4, 0.5) is 5.69 Å². The van der Waals surface area contributed by atoms with Crippen LogP contribution < -0.4 is 5.32 Å². The minimum absolute atomic E-state index is 0.0842. The van der Waals surface area contributed by atoms with Gasteiger partial charge in [0, 0.05) is 30.4 Å². The largest absolute Gasteiger partial charge is 0.379 e. The minimum Gasteiger partial charge on any atom is -0.379 e. The van der Waals surface area contributed by atoms with Gasteiger partial charge < -0.3 is 10.1 Å². The SMILES string of the molecule is O=C(CSc1nnc(-c2cccc(S(=O)(=O)N3CCOCC3)c2)n1C1CCCC1)Nc1ccc2c(c1)CCC2. The van der Waals surface area contributed by atoms with Crippen molar-refractivity contribution in [3.05, 3.63) is 53.6 Å². The second kappa shape index (κ2) is 11.4. The molecule has 0 spiro atoms. The Kier molecular flexibility index (Phi) is 7.75. The topological polar surface area (TPSA) is 106 Å². The molecule has 0 radical (unpaired) electrons. The Morgan fingerprint density at radius 3 is 2.62 bits per heavy atom. The maximum Gasteiger partial charge on any atom is 0.243 e. The molecule has 1 aromatic heterocycles. The molecule has 206 valence electrons. The molecule has 2 aromatic carbocycles. The second-order valence-corrected chi connectivity index (χ2v) is 13.2. The summed E-state index contributed by atoms with van der Waals surface area (Å²) in [5.41, 5.74) is 4.24. The predicted molar refractivity (Wildman–Crippen MR) is 150 cm³/mol. The van der Waals surface area contributed by atoms with Gasteiger partial charge >= 0.3 is 0 Å². The summed E-state index contributed by atoms with van der Waals surface area (Å²) in [5, 5.41) is 12.7. The number of carbonyl (C=O) groups excluding carboxylic acids is 1. The van der Waals surface area contributed by atoms with Crippen molar-refractivity contribution in [3.63, 3.8) is 0 Å². The lowest BCUT2D eigenvalue weighted by Crippen LogP contribution is -2.40. The first-order valence-corrected chi connectivity index (χ1v) is 16.1. The summed E-state index contributed by atoms with van der Waals surface area (Å²) in [6.07, 6.45) is 7.60. The van der Waals surface area contributed by atoms with Crippen molar-refractivity contribution in [2.45, 2.75) is 61.0 Å². The Morgan fingerprint density at radius 1 is 1.00 bits per heavy atom. The van der Waals surface area contributed by atoms with Crippen molar-refractivity contribution in [3.8, 4) is 11.4 Å². The highest BCUT2D eigenvalue weighted by Gasteiger charge is 2.29. The van der Waals surface area contributed by atoms with Crippen molar-refractivity contribution in [1.29, 1.82) is 0 Å². The summed E-state index contributed by atoms with van der Waals surface area (Å²) in [7, 11) is -3.64. The molecule has 0 atom stereocenters. The van der Waals surface area contributed by atoms with Crippen LogP contribution in [0.15, 0.2) is 52.5 Å². The number of aromatic nitrogens is 3. The number of amides is 1. The smallest absolute Gasteiger partial charge is 0.243 e. The summed E-state index contributed by atoms with van der Waals surface area (Å²) in [4.78, 5) is 13.1. The summed E-state index contributed by atoms with van der Waals surface area (Å²) in [6.45, 7) is 1.49. The van der Waals surface area contributed by atoms with E-state index in [1.807, 2.05) is 12.1 Å². The quantitative estimate of drug-likeness (QED) is 0.405. The zero-order chi connectivity index (χ0) is 26.8. The van der Waals surface area contributed by atoms with E-state index in [9.17, 15) is 13.2 Å². The molecular formula is C28H33N5O4S2. The number of thioether (sulfide) groups is 1. The van der Waals surface area contributed by atoms with Crippen LogP contribution >= 0.6 is 11.8 Å². The van der Waals surface area contributed by atoms with Crippen LogP contribution in [0.25, 0.3) is 11.4 Å². The third-order valence-corrected chi connectivity index (χ3v) is 10.6. The number of nitrogens with one attached hydrogen (secondary N) is 1. The van der Waals surface area contributed by atoms with Gasteiger partial charge in [0.1, 0.15) is 0 Å². The van der Waals surface area contributed by atoms with Crippen LogP contribution in [0.5, 0.6) is 0 Å². The third-order valence-electron chi connectivity index (χ3n) is 7.77. The first-order chi connectivity index (χ1) is 19.0. The van der Waals surface area contributed by atoms with Gasteiger partial charge in [-0.15, -0.1) is 10.2 Å². The molecule has 2 fully saturated rings. The van der Waals surface area contributed by atoms with Gasteiger partial charge in [-0.25, -0.2) is 8.42 Å². The fraction of sp³-hybridized carbons (Fsp3) is 0.464. The standard InChI is InChI=1S/C28H33N5O4S2/c34-26(29-23-12-11-20-5-3-6-21(20)17-23)19-38-28-31-30-27(33(28)24-8-1-2-9-24)22-7-4-10-25(18-22)39(35,36)32-13-15-37-16-14-32/h4,7,10-12,17-18,24H,1-3,5-6,8-9,13-16,19H2,(H,29,34). The normalized spacial score (nSPS) is 18.4. The average Bonchev–Trinajstić information content (AvgIpc) is 3.73. The van der Waals surface area contributed by atoms with Gasteiger partial charge in [0.15, 0.2) is 11.0 Å². The summed E-state index contributed by atoms with van der Waals surface area (Å²) in [6, 6.07) is 13.3. The van der Waals surface area contributed by atoms with Crippen molar-refractivity contribution >= 4 is 33.4 Å². The van der Waals surface area contributed by atoms with E-state index in [4.69, 9.17) is 4.74 Å². The lowest BCUT2D eigenvalue weighted by atomic mass is 10.1. The highest BCUT2D eigenvalue weighted by Crippen LogP contribution is 2.37. The molecule has 2 aliphatic carbocycles. The van der Waals surface area contributed by atoms with Crippen LogP contribution in [0.1, 0.15) is 49.3 Å². The number of fused-ring (bicyclic) bond motifs is 1. The van der Waals surface area contributed by atoms with E-state index in [1.54, 1.807) is 18.2 Å². The van der Waals surface area contributed by atoms with Crippen LogP contribution in [0, 0.1) is 0 Å². The van der Waals surface area contributed by atoms with Gasteiger partial charge in [-0.05, 0) is 67.5 Å². The number of hydrogen-bond donors (Lipinski definition) is 1. The van der Waals surface area contributed by atoms with E-state index in [-0.39, 0.29) is 22.6 Å². The van der Waals surface area contributed by atoms with Crippen LogP contribution in [0.2, 0.25) is 0 Å². The number of sulfonamides is 1. The number of rotatable bonds is 8. The number of anilines is 1. The van der Waals surface area contributed by atoms with Gasteiger partial charge in [-0.2, -0.15) is 4.31 Å². The molecule has 0 bridgehead atoms. The lowest BCUT2D eigenvalue weighted by molar-refractivity contribution is -0.113. The van der Waals surface area contributed by atoms with E-state index in [1.165, 1.54) is 33.6 Å². The molecule has 1 N–H and O–H groups in total. The highest BCUT2D eigenvalue weighted by molar-refractivity contribution is 7.99. The number of hydrogen-bond acceptors (Lipinski definition) is 7. The highest BCUT2D eigenvalue weighted by atomic mass is 32.2. The monoisotopic (exact) mass is 567 g/mol. The van der Waals surface area contributed by atoms with E-state index in [2.05, 4.69) is 32.2 Å². The van der Waals surface area contributed by atoms with E-state index in [0.29, 0.717) is 42.8 Å². The van der Waals surface area contributed by atoms with Crippen LogP contribution in [0.3, 0.4) is 0 Å². The fourth-order valence-electron chi connectivity index (χ4n) is 5.77. The first kappa shape index (κ1) is 26.5. The van der Waals surface area contributed by atoms with Crippen LogP contribution in [-0.2, 0) is 32.4 Å². The maximum absolute atomic E-state index is 13.3. The number of carbonyl (C=O) groups is 1. The molecule has 11 heteroatoms. The molecule has 2 heterocycles. The molecular weight excluding hydrogens is 534 g/mol. The maximum atomic E-state index is 13.3. The van der Waals surface area contributed by atoms with Gasteiger partial charge in [0.25, 0.3) is 0 Å². The Hall–Kier alpha value is -2.73. The molecule has 9 nitrogen and oxygen atoms in total. The number of benzene rings is 2. The fourth-order valence-corrected chi connectivity index (χ4v) is 8.03. The molecule has 39 heavy (non-hydrogen) atoms. The zero-order valence-electron chi connectivity index (χ0n) is 21.8. The van der Waals surface area contributed by atoms with E-state index < -0.39 is 10.0 Å². The number of morpholine rings is 1. The molecule has 3 aromatic rings. The van der Waals surface area contributed by atoms with Gasteiger partial charge in [-0.3, -0.25) is 9.36 Å². The van der Waals surface area contributed by atoms with E-state index >= 15 is 0 Å². The summed E-state index contributed by atoms with van der Waals surface area (Å²) >= 11 is 1.37. The Labute approximate surface area is 233 Å². The summed E-state index contributed by atoms with van der Waals surface area (Å²) in [5.74, 6) is 0.773. The zero-order valence-corrected chi connectivity index (χ0v) is 23.5. The Bertz CT molecular complexity index is 1460. The third kappa shape index (κ3) is 5.63. The average molecular weight is 568 g/mol. The molecule has 3 aliphatic rings. The minimum atomic E-state index is -3.64. The number of ether oxygens (including phenoxy) is 1. The lowest BCUT2D eigenvalue weighted by Gasteiger charge is -2.26. The van der Waals surface area contributed by atoms with Crippen molar-refractivity contribution < 1.29 is 17.9 Å². The molecule has 0 unspecified atom stereocenters.